The highest BCUT2D eigenvalue weighted by atomic mass is 35.5. The van der Waals surface area contributed by atoms with E-state index in [0.717, 1.165) is 5.56 Å². The van der Waals surface area contributed by atoms with E-state index in [-0.39, 0.29) is 28.8 Å². The minimum absolute atomic E-state index is 0.0175. The highest BCUT2D eigenvalue weighted by molar-refractivity contribution is 7.89. The van der Waals surface area contributed by atoms with Gasteiger partial charge in [-0.3, -0.25) is 4.79 Å². The number of benzene rings is 2. The van der Waals surface area contributed by atoms with Crippen LogP contribution in [0.15, 0.2) is 64.1 Å². The quantitative estimate of drug-likeness (QED) is 0.532. The van der Waals surface area contributed by atoms with Crippen LogP contribution in [-0.4, -0.2) is 27.7 Å². The van der Waals surface area contributed by atoms with Gasteiger partial charge in [-0.2, -0.15) is 0 Å². The van der Waals surface area contributed by atoms with Gasteiger partial charge in [0.1, 0.15) is 10.7 Å². The molecule has 2 aromatic carbocycles. The molecule has 4 rings (SSSR count). The second-order valence-electron chi connectivity index (χ2n) is 6.74. The lowest BCUT2D eigenvalue weighted by atomic mass is 10.1. The molecule has 1 amide bonds. The topological polar surface area (TPSA) is 107 Å². The van der Waals surface area contributed by atoms with Crippen LogP contribution in [-0.2, 0) is 23.0 Å². The molecule has 31 heavy (non-hydrogen) atoms. The molecule has 0 saturated heterocycles. The first-order valence-corrected chi connectivity index (χ1v) is 11.3. The molecule has 0 spiro atoms. The number of hydrogen-bond acceptors (Lipinski definition) is 6. The van der Waals surface area contributed by atoms with Crippen molar-refractivity contribution in [1.82, 2.24) is 10.0 Å². The van der Waals surface area contributed by atoms with Gasteiger partial charge >= 0.3 is 0 Å². The average molecular weight is 463 g/mol. The first-order valence-electron chi connectivity index (χ1n) is 9.41. The summed E-state index contributed by atoms with van der Waals surface area (Å²) in [6, 6.07) is 13.0. The fraction of sp³-hybridized carbons (Fsp3) is 0.190. The van der Waals surface area contributed by atoms with Gasteiger partial charge in [-0.1, -0.05) is 17.7 Å². The smallest absolute Gasteiger partial charge is 0.251 e. The van der Waals surface area contributed by atoms with Gasteiger partial charge in [-0.25, -0.2) is 13.1 Å². The Morgan fingerprint density at radius 1 is 1.06 bits per heavy atom. The molecule has 10 heteroatoms. The van der Waals surface area contributed by atoms with E-state index in [1.54, 1.807) is 12.1 Å². The molecule has 0 unspecified atom stereocenters. The molecule has 1 aliphatic rings. The van der Waals surface area contributed by atoms with Crippen LogP contribution in [0.1, 0.15) is 21.7 Å². The molecular weight excluding hydrogens is 444 g/mol. The van der Waals surface area contributed by atoms with Crippen LogP contribution >= 0.6 is 11.6 Å². The van der Waals surface area contributed by atoms with Crippen molar-refractivity contribution < 1.29 is 27.1 Å². The van der Waals surface area contributed by atoms with E-state index in [9.17, 15) is 13.2 Å². The lowest BCUT2D eigenvalue weighted by Gasteiger charge is -2.10. The second-order valence-corrected chi connectivity index (χ2v) is 8.89. The van der Waals surface area contributed by atoms with E-state index in [1.807, 2.05) is 18.2 Å². The van der Waals surface area contributed by atoms with Crippen LogP contribution in [0.5, 0.6) is 11.5 Å². The van der Waals surface area contributed by atoms with Gasteiger partial charge < -0.3 is 19.2 Å². The van der Waals surface area contributed by atoms with E-state index in [1.165, 1.54) is 24.5 Å². The number of carbonyl (C=O) groups is 1. The predicted octanol–water partition coefficient (Wildman–Crippen LogP) is 3.11. The number of sulfonamides is 1. The van der Waals surface area contributed by atoms with Gasteiger partial charge in [0.25, 0.3) is 5.91 Å². The lowest BCUT2D eigenvalue weighted by molar-refractivity contribution is 0.0954. The molecule has 3 aromatic rings. The highest BCUT2D eigenvalue weighted by Gasteiger charge is 2.20. The number of amides is 1. The largest absolute Gasteiger partial charge is 0.468 e. The van der Waals surface area contributed by atoms with Crippen molar-refractivity contribution >= 4 is 27.5 Å². The highest BCUT2D eigenvalue weighted by Crippen LogP contribution is 2.32. The van der Waals surface area contributed by atoms with Crippen LogP contribution in [0.4, 0.5) is 0 Å². The number of carbonyl (C=O) groups excluding carboxylic acids is 1. The summed E-state index contributed by atoms with van der Waals surface area (Å²) in [4.78, 5) is 12.4. The lowest BCUT2D eigenvalue weighted by Crippen LogP contribution is -2.27. The van der Waals surface area contributed by atoms with Gasteiger partial charge in [0.05, 0.1) is 17.8 Å². The third-order valence-corrected chi connectivity index (χ3v) is 6.52. The maximum atomic E-state index is 12.6. The number of nitrogens with one attached hydrogen (secondary N) is 2. The number of furan rings is 1. The summed E-state index contributed by atoms with van der Waals surface area (Å²) in [5.74, 6) is 1.43. The Balaban J connectivity index is 1.39. The summed E-state index contributed by atoms with van der Waals surface area (Å²) >= 11 is 6.08. The molecular formula is C21H19ClN2O6S. The third-order valence-electron chi connectivity index (χ3n) is 4.64. The van der Waals surface area contributed by atoms with Crippen molar-refractivity contribution in [3.63, 3.8) is 0 Å². The minimum atomic E-state index is -3.94. The molecule has 2 N–H and O–H groups in total. The van der Waals surface area contributed by atoms with Gasteiger partial charge in [-0.15, -0.1) is 0 Å². The van der Waals surface area contributed by atoms with Crippen LogP contribution in [0, 0.1) is 0 Å². The Hall–Kier alpha value is -3.01. The molecule has 0 aliphatic carbocycles. The Labute approximate surface area is 184 Å². The van der Waals surface area contributed by atoms with E-state index in [0.29, 0.717) is 30.2 Å². The zero-order valence-corrected chi connectivity index (χ0v) is 17.8. The van der Waals surface area contributed by atoms with Crippen molar-refractivity contribution in [3.05, 3.63) is 76.7 Å². The molecule has 0 fully saturated rings. The Morgan fingerprint density at radius 2 is 1.90 bits per heavy atom. The first kappa shape index (κ1) is 21.2. The van der Waals surface area contributed by atoms with Crippen molar-refractivity contribution in [2.75, 3.05) is 13.3 Å². The van der Waals surface area contributed by atoms with E-state index < -0.39 is 15.9 Å². The third kappa shape index (κ3) is 5.01. The zero-order valence-electron chi connectivity index (χ0n) is 16.3. The summed E-state index contributed by atoms with van der Waals surface area (Å²) in [5, 5.41) is 2.80. The average Bonchev–Trinajstić information content (AvgIpc) is 3.44. The monoisotopic (exact) mass is 462 g/mol. The molecule has 1 aromatic heterocycles. The van der Waals surface area contributed by atoms with Crippen molar-refractivity contribution in [2.24, 2.45) is 0 Å². The number of rotatable bonds is 8. The SMILES string of the molecule is O=C(NCCc1ccc2c(c1)OCO2)c1ccc(Cl)c(S(=O)(=O)NCc2ccco2)c1. The summed E-state index contributed by atoms with van der Waals surface area (Å²) in [6.45, 7) is 0.533. The van der Waals surface area contributed by atoms with E-state index in [2.05, 4.69) is 10.0 Å². The van der Waals surface area contributed by atoms with Crippen LogP contribution in [0.3, 0.4) is 0 Å². The second kappa shape index (κ2) is 9.01. The van der Waals surface area contributed by atoms with Gasteiger partial charge in [0.15, 0.2) is 11.5 Å². The standard InChI is InChI=1S/C21H19ClN2O6S/c22-17-5-4-15(11-20(17)31(26,27)24-12-16-2-1-9-28-16)21(25)23-8-7-14-3-6-18-19(10-14)30-13-29-18/h1-6,9-11,24H,7-8,12-13H2,(H,23,25). The Bertz CT molecular complexity index is 1190. The Kier molecular flexibility index (Phi) is 6.17. The molecule has 0 atom stereocenters. The van der Waals surface area contributed by atoms with Gasteiger partial charge in [-0.05, 0) is 54.4 Å². The molecule has 0 saturated carbocycles. The van der Waals surface area contributed by atoms with Crippen LogP contribution in [0.25, 0.3) is 0 Å². The number of halogens is 1. The summed E-state index contributed by atoms with van der Waals surface area (Å²) in [7, 11) is -3.94. The zero-order chi connectivity index (χ0) is 21.8. The van der Waals surface area contributed by atoms with Gasteiger partial charge in [0.2, 0.25) is 16.8 Å². The minimum Gasteiger partial charge on any atom is -0.468 e. The Morgan fingerprint density at radius 3 is 2.71 bits per heavy atom. The van der Waals surface area contributed by atoms with Crippen molar-refractivity contribution in [3.8, 4) is 11.5 Å². The predicted molar refractivity (Wildman–Crippen MR) is 113 cm³/mol. The first-order chi connectivity index (χ1) is 14.9. The van der Waals surface area contributed by atoms with Crippen LogP contribution < -0.4 is 19.5 Å². The van der Waals surface area contributed by atoms with Gasteiger partial charge in [0, 0.05) is 12.1 Å². The fourth-order valence-corrected chi connectivity index (χ4v) is 4.54. The van der Waals surface area contributed by atoms with Crippen molar-refractivity contribution in [1.29, 1.82) is 0 Å². The number of fused-ring (bicyclic) bond motifs is 1. The van der Waals surface area contributed by atoms with Crippen LogP contribution in [0.2, 0.25) is 5.02 Å². The number of ether oxygens (including phenoxy) is 2. The molecule has 162 valence electrons. The molecule has 8 nitrogen and oxygen atoms in total. The molecule has 0 radical (unpaired) electrons. The number of hydrogen-bond donors (Lipinski definition) is 2. The summed E-state index contributed by atoms with van der Waals surface area (Å²) < 4.78 is 43.4. The molecule has 2 heterocycles. The fourth-order valence-electron chi connectivity index (χ4n) is 3.03. The normalized spacial score (nSPS) is 12.7. The maximum absolute atomic E-state index is 12.6. The van der Waals surface area contributed by atoms with Crippen molar-refractivity contribution in [2.45, 2.75) is 17.9 Å². The summed E-state index contributed by atoms with van der Waals surface area (Å²) in [5.41, 5.74) is 1.17. The molecule has 1 aliphatic heterocycles. The van der Waals surface area contributed by atoms with E-state index >= 15 is 0 Å². The van der Waals surface area contributed by atoms with E-state index in [4.69, 9.17) is 25.5 Å². The molecule has 0 bridgehead atoms. The maximum Gasteiger partial charge on any atom is 0.251 e. The summed E-state index contributed by atoms with van der Waals surface area (Å²) in [6.07, 6.45) is 2.02.